The zero-order chi connectivity index (χ0) is 18.3. The molecule has 0 saturated heterocycles. The number of fused-ring (bicyclic) bond motifs is 1. The molecule has 1 aromatic heterocycles. The predicted octanol–water partition coefficient (Wildman–Crippen LogP) is 4.66. The molecule has 1 N–H and O–H groups in total. The maximum Gasteiger partial charge on any atom is 0.416 e. The third-order valence-corrected chi connectivity index (χ3v) is 4.33. The molecule has 0 spiro atoms. The van der Waals surface area contributed by atoms with Crippen LogP contribution in [0.4, 0.5) is 19.1 Å². The fourth-order valence-electron chi connectivity index (χ4n) is 2.97. The minimum atomic E-state index is -4.39. The lowest BCUT2D eigenvalue weighted by Crippen LogP contribution is -2.20. The van der Waals surface area contributed by atoms with Gasteiger partial charge in [0.1, 0.15) is 12.4 Å². The maximum atomic E-state index is 13.1. The summed E-state index contributed by atoms with van der Waals surface area (Å²) < 4.78 is 40.8. The van der Waals surface area contributed by atoms with E-state index >= 15 is 0 Å². The van der Waals surface area contributed by atoms with Crippen LogP contribution in [0.5, 0.6) is 0 Å². The second-order valence-corrected chi connectivity index (χ2v) is 6.17. The molecule has 0 aliphatic carbocycles. The van der Waals surface area contributed by atoms with Crippen molar-refractivity contribution >= 4 is 11.6 Å². The number of nitrogens with one attached hydrogen (secondary N) is 1. The Kier molecular flexibility index (Phi) is 3.79. The smallest absolute Gasteiger partial charge is 0.324 e. The van der Waals surface area contributed by atoms with Gasteiger partial charge in [0.05, 0.1) is 5.56 Å². The van der Waals surface area contributed by atoms with Crippen molar-refractivity contribution in [1.82, 2.24) is 14.8 Å². The highest BCUT2D eigenvalue weighted by molar-refractivity contribution is 5.77. The summed E-state index contributed by atoms with van der Waals surface area (Å²) in [7, 11) is 0. The van der Waals surface area contributed by atoms with Crippen LogP contribution >= 0.6 is 0 Å². The van der Waals surface area contributed by atoms with Gasteiger partial charge in [-0.15, -0.1) is 0 Å². The van der Waals surface area contributed by atoms with Crippen molar-refractivity contribution in [2.45, 2.75) is 19.1 Å². The molecule has 4 nitrogen and oxygen atoms in total. The topological polar surface area (TPSA) is 42.7 Å². The minimum absolute atomic E-state index is 0.479. The molecule has 7 heteroatoms. The highest BCUT2D eigenvalue weighted by Crippen LogP contribution is 2.35. The molecule has 1 atom stereocenters. The number of aromatic nitrogens is 3. The Morgan fingerprint density at radius 2 is 1.85 bits per heavy atom. The quantitative estimate of drug-likeness (QED) is 0.726. The highest BCUT2D eigenvalue weighted by atomic mass is 19.4. The second kappa shape index (κ2) is 6.01. The third kappa shape index (κ3) is 2.96. The van der Waals surface area contributed by atoms with Crippen LogP contribution in [-0.4, -0.2) is 14.8 Å². The van der Waals surface area contributed by atoms with Gasteiger partial charge in [-0.25, -0.2) is 4.68 Å². The largest absolute Gasteiger partial charge is 0.416 e. The zero-order valence-corrected chi connectivity index (χ0v) is 13.8. The van der Waals surface area contributed by atoms with Gasteiger partial charge >= 0.3 is 6.18 Å². The number of hydrogen-bond donors (Lipinski definition) is 1. The molecule has 2 heterocycles. The van der Waals surface area contributed by atoms with E-state index in [1.165, 1.54) is 12.4 Å². The van der Waals surface area contributed by atoms with Crippen molar-refractivity contribution in [1.29, 1.82) is 0 Å². The van der Waals surface area contributed by atoms with Gasteiger partial charge < -0.3 is 5.32 Å². The number of nitrogens with zero attached hydrogens (tertiary/aromatic N) is 3. The van der Waals surface area contributed by atoms with Crippen molar-refractivity contribution < 1.29 is 13.2 Å². The summed E-state index contributed by atoms with van der Waals surface area (Å²) in [4.78, 5) is 4.17. The molecular weight excluding hydrogens is 341 g/mol. The predicted molar refractivity (Wildman–Crippen MR) is 92.4 cm³/mol. The zero-order valence-electron chi connectivity index (χ0n) is 13.8. The standard InChI is InChI=1S/C19H15F3N4/c1-12-5-7-13(8-6-12)16-10-17(26-18(25-16)23-11-24-26)14-3-2-4-15(9-14)19(20,21)22/h2-11,17H,1H3,(H,23,24,25)/t17-/m0/s1. The van der Waals surface area contributed by atoms with Crippen molar-refractivity contribution in [3.05, 3.63) is 83.2 Å². The average molecular weight is 356 g/mol. The van der Waals surface area contributed by atoms with E-state index in [4.69, 9.17) is 0 Å². The molecule has 4 rings (SSSR count). The number of hydrogen-bond acceptors (Lipinski definition) is 3. The van der Waals surface area contributed by atoms with Crippen molar-refractivity contribution in [3.63, 3.8) is 0 Å². The Balaban J connectivity index is 1.80. The first kappa shape index (κ1) is 16.4. The van der Waals surface area contributed by atoms with Gasteiger partial charge in [0, 0.05) is 5.70 Å². The lowest BCUT2D eigenvalue weighted by atomic mass is 9.99. The van der Waals surface area contributed by atoms with E-state index < -0.39 is 17.8 Å². The first-order valence-electron chi connectivity index (χ1n) is 8.04. The number of halogens is 3. The van der Waals surface area contributed by atoms with Gasteiger partial charge in [-0.05, 0) is 36.3 Å². The van der Waals surface area contributed by atoms with Gasteiger partial charge in [0.25, 0.3) is 0 Å². The van der Waals surface area contributed by atoms with Crippen LogP contribution in [0, 0.1) is 6.92 Å². The first-order valence-corrected chi connectivity index (χ1v) is 8.04. The summed E-state index contributed by atoms with van der Waals surface area (Å²) >= 11 is 0. The van der Waals surface area contributed by atoms with Crippen LogP contribution in [0.1, 0.15) is 28.3 Å². The van der Waals surface area contributed by atoms with Gasteiger partial charge in [-0.1, -0.05) is 42.0 Å². The summed E-state index contributed by atoms with van der Waals surface area (Å²) in [6, 6.07) is 12.7. The molecule has 1 aliphatic heterocycles. The van der Waals surface area contributed by atoms with Gasteiger partial charge in [-0.2, -0.15) is 23.3 Å². The third-order valence-electron chi connectivity index (χ3n) is 4.33. The Morgan fingerprint density at radius 3 is 2.58 bits per heavy atom. The van der Waals surface area contributed by atoms with Crippen LogP contribution < -0.4 is 5.32 Å². The van der Waals surface area contributed by atoms with Gasteiger partial charge in [0.15, 0.2) is 0 Å². The Hall–Kier alpha value is -3.09. The van der Waals surface area contributed by atoms with E-state index in [1.54, 1.807) is 10.7 Å². The Labute approximate surface area is 148 Å². The Morgan fingerprint density at radius 1 is 1.08 bits per heavy atom. The molecule has 26 heavy (non-hydrogen) atoms. The molecule has 0 fully saturated rings. The number of allylic oxidation sites excluding steroid dienone is 1. The molecule has 3 aromatic rings. The number of benzene rings is 2. The van der Waals surface area contributed by atoms with Gasteiger partial charge in [0.2, 0.25) is 5.95 Å². The van der Waals surface area contributed by atoms with E-state index in [0.717, 1.165) is 29.0 Å². The Bertz CT molecular complexity index is 971. The van der Waals surface area contributed by atoms with Crippen LogP contribution in [0.15, 0.2) is 60.9 Å². The fraction of sp³-hybridized carbons (Fsp3) is 0.158. The number of alkyl halides is 3. The number of rotatable bonds is 2. The van der Waals surface area contributed by atoms with Crippen molar-refractivity contribution in [2.24, 2.45) is 0 Å². The summed E-state index contributed by atoms with van der Waals surface area (Å²) in [5, 5.41) is 7.35. The summed E-state index contributed by atoms with van der Waals surface area (Å²) in [6.07, 6.45) is -1.14. The lowest BCUT2D eigenvalue weighted by Gasteiger charge is -2.25. The van der Waals surface area contributed by atoms with Crippen LogP contribution in [0.25, 0.3) is 5.70 Å². The van der Waals surface area contributed by atoms with Crippen LogP contribution in [0.2, 0.25) is 0 Å². The first-order chi connectivity index (χ1) is 12.4. The monoisotopic (exact) mass is 356 g/mol. The van der Waals surface area contributed by atoms with E-state index in [0.29, 0.717) is 11.5 Å². The summed E-state index contributed by atoms with van der Waals surface area (Å²) in [6.45, 7) is 1.99. The number of aryl methyl sites for hydroxylation is 1. The van der Waals surface area contributed by atoms with Crippen molar-refractivity contribution in [2.75, 3.05) is 5.32 Å². The summed E-state index contributed by atoms with van der Waals surface area (Å²) in [5.74, 6) is 0.491. The molecule has 132 valence electrons. The van der Waals surface area contributed by atoms with Crippen molar-refractivity contribution in [3.8, 4) is 0 Å². The molecular formula is C19H15F3N4. The van der Waals surface area contributed by atoms with Gasteiger partial charge in [-0.3, -0.25) is 0 Å². The summed E-state index contributed by atoms with van der Waals surface area (Å²) in [5.41, 5.74) is 2.66. The van der Waals surface area contributed by atoms with E-state index in [2.05, 4.69) is 15.4 Å². The van der Waals surface area contributed by atoms with E-state index in [-0.39, 0.29) is 0 Å². The number of anilines is 1. The van der Waals surface area contributed by atoms with E-state index in [9.17, 15) is 13.2 Å². The van der Waals surface area contributed by atoms with Crippen LogP contribution in [0.3, 0.4) is 0 Å². The molecule has 0 saturated carbocycles. The molecule has 0 unspecified atom stereocenters. The second-order valence-electron chi connectivity index (χ2n) is 6.17. The maximum absolute atomic E-state index is 13.1. The normalized spacial score (nSPS) is 16.6. The minimum Gasteiger partial charge on any atom is -0.324 e. The molecule has 0 amide bonds. The SMILES string of the molecule is Cc1ccc(C2=C[C@@H](c3cccc(C(F)(F)F)c3)n3ncnc3N2)cc1. The highest BCUT2D eigenvalue weighted by Gasteiger charge is 2.32. The average Bonchev–Trinajstić information content (AvgIpc) is 3.09. The lowest BCUT2D eigenvalue weighted by molar-refractivity contribution is -0.137. The van der Waals surface area contributed by atoms with E-state index in [1.807, 2.05) is 37.3 Å². The molecule has 1 aliphatic rings. The fourth-order valence-corrected chi connectivity index (χ4v) is 2.97. The molecule has 0 radical (unpaired) electrons. The molecule has 2 aromatic carbocycles. The van der Waals surface area contributed by atoms with Crippen LogP contribution in [-0.2, 0) is 6.18 Å². The molecule has 0 bridgehead atoms.